The summed E-state index contributed by atoms with van der Waals surface area (Å²) in [6.07, 6.45) is 1.26. The number of rotatable bonds is 6. The smallest absolute Gasteiger partial charge is 0.319 e. The number of nitriles is 1. The molecule has 0 saturated heterocycles. The topological polar surface area (TPSA) is 114 Å². The normalized spacial score (nSPS) is 10.7. The molecule has 3 N–H and O–H groups in total. The van der Waals surface area contributed by atoms with Gasteiger partial charge in [-0.1, -0.05) is 41.4 Å². The maximum Gasteiger partial charge on any atom is 0.319 e. The van der Waals surface area contributed by atoms with Gasteiger partial charge in [0.2, 0.25) is 0 Å². The van der Waals surface area contributed by atoms with E-state index in [0.29, 0.717) is 17.1 Å². The summed E-state index contributed by atoms with van der Waals surface area (Å²) in [5, 5.41) is 11.2. The zero-order valence-electron chi connectivity index (χ0n) is 15.3. The highest BCUT2D eigenvalue weighted by Crippen LogP contribution is 2.37. The summed E-state index contributed by atoms with van der Waals surface area (Å²) in [5.41, 5.74) is 7.10. The molecule has 0 aliphatic heterocycles. The third-order valence-corrected chi connectivity index (χ3v) is 3.95. The van der Waals surface area contributed by atoms with Crippen molar-refractivity contribution in [2.45, 2.75) is 13.5 Å². The predicted octanol–water partition coefficient (Wildman–Crippen LogP) is 3.34. The van der Waals surface area contributed by atoms with E-state index in [4.69, 9.17) is 32.1 Å². The van der Waals surface area contributed by atoms with Crippen LogP contribution in [-0.4, -0.2) is 19.0 Å². The molecule has 0 aliphatic rings. The van der Waals surface area contributed by atoms with Crippen LogP contribution in [0.15, 0.2) is 42.0 Å². The Morgan fingerprint density at radius 1 is 1.29 bits per heavy atom. The largest absolute Gasteiger partial charge is 0.493 e. The van der Waals surface area contributed by atoms with Gasteiger partial charge in [0, 0.05) is 0 Å². The first-order chi connectivity index (χ1) is 13.3. The van der Waals surface area contributed by atoms with E-state index in [2.05, 4.69) is 0 Å². The van der Waals surface area contributed by atoms with Crippen molar-refractivity contribution in [3.8, 4) is 17.6 Å². The number of amides is 3. The van der Waals surface area contributed by atoms with Crippen LogP contribution in [0.3, 0.4) is 0 Å². The molecule has 0 spiro atoms. The molecule has 0 saturated carbocycles. The predicted molar refractivity (Wildman–Crippen MR) is 105 cm³/mol. The molecular formula is C20H18ClN3O4. The van der Waals surface area contributed by atoms with Crippen LogP contribution in [-0.2, 0) is 11.4 Å². The van der Waals surface area contributed by atoms with E-state index in [0.717, 1.165) is 11.1 Å². The van der Waals surface area contributed by atoms with Crippen LogP contribution in [0.5, 0.6) is 11.5 Å². The average molecular weight is 400 g/mol. The number of hydrogen-bond acceptors (Lipinski definition) is 5. The number of primary amides is 1. The van der Waals surface area contributed by atoms with Crippen molar-refractivity contribution in [1.29, 1.82) is 5.26 Å². The highest BCUT2D eigenvalue weighted by molar-refractivity contribution is 6.32. The lowest BCUT2D eigenvalue weighted by atomic mass is 10.1. The van der Waals surface area contributed by atoms with Crippen molar-refractivity contribution < 1.29 is 19.1 Å². The molecule has 2 aromatic carbocycles. The van der Waals surface area contributed by atoms with E-state index in [9.17, 15) is 9.59 Å². The summed E-state index contributed by atoms with van der Waals surface area (Å²) in [5.74, 6) is -0.245. The molecule has 28 heavy (non-hydrogen) atoms. The van der Waals surface area contributed by atoms with Crippen LogP contribution in [0.4, 0.5) is 4.79 Å². The molecule has 3 amide bonds. The lowest BCUT2D eigenvalue weighted by Crippen LogP contribution is -2.35. The van der Waals surface area contributed by atoms with Crippen LogP contribution in [0.25, 0.3) is 6.08 Å². The number of benzene rings is 2. The number of carbonyl (C=O) groups is 2. The Balaban J connectivity index is 2.28. The van der Waals surface area contributed by atoms with E-state index < -0.39 is 11.9 Å². The molecule has 2 aromatic rings. The average Bonchev–Trinajstić information content (AvgIpc) is 2.65. The van der Waals surface area contributed by atoms with Crippen molar-refractivity contribution >= 4 is 29.6 Å². The van der Waals surface area contributed by atoms with Gasteiger partial charge >= 0.3 is 6.03 Å². The van der Waals surface area contributed by atoms with Crippen LogP contribution >= 0.6 is 11.6 Å². The quantitative estimate of drug-likeness (QED) is 0.571. The Labute approximate surface area is 167 Å². The Morgan fingerprint density at radius 2 is 1.96 bits per heavy atom. The fourth-order valence-corrected chi connectivity index (χ4v) is 2.57. The van der Waals surface area contributed by atoms with E-state index in [1.54, 1.807) is 12.1 Å². The summed E-state index contributed by atoms with van der Waals surface area (Å²) in [4.78, 5) is 22.6. The molecular weight excluding hydrogens is 382 g/mol. The molecule has 2 rings (SSSR count). The first-order valence-corrected chi connectivity index (χ1v) is 8.50. The van der Waals surface area contributed by atoms with Crippen LogP contribution in [0.1, 0.15) is 16.7 Å². The molecule has 8 heteroatoms. The second kappa shape index (κ2) is 9.44. The maximum absolute atomic E-state index is 11.8. The van der Waals surface area contributed by atoms with Gasteiger partial charge in [0.05, 0.1) is 12.1 Å². The van der Waals surface area contributed by atoms with Crippen molar-refractivity contribution in [3.63, 3.8) is 0 Å². The highest BCUT2D eigenvalue weighted by atomic mass is 35.5. The number of nitrogens with zero attached hydrogens (tertiary/aromatic N) is 1. The number of halogens is 1. The maximum atomic E-state index is 11.8. The number of nitrogens with one attached hydrogen (secondary N) is 1. The third-order valence-electron chi connectivity index (χ3n) is 3.67. The second-order valence-corrected chi connectivity index (χ2v) is 6.20. The lowest BCUT2D eigenvalue weighted by molar-refractivity contribution is -0.115. The highest BCUT2D eigenvalue weighted by Gasteiger charge is 2.15. The van der Waals surface area contributed by atoms with Crippen LogP contribution in [0, 0.1) is 18.3 Å². The Hall–Kier alpha value is -3.50. The molecule has 0 fully saturated rings. The Morgan fingerprint density at radius 3 is 2.54 bits per heavy atom. The number of hydrogen-bond donors (Lipinski definition) is 2. The minimum absolute atomic E-state index is 0.241. The third kappa shape index (κ3) is 5.50. The SMILES string of the molecule is COc1cc(/C=C(/C#N)C(=O)NC(N)=O)cc(Cl)c1OCc1ccc(C)cc1. The summed E-state index contributed by atoms with van der Waals surface area (Å²) >= 11 is 6.30. The zero-order chi connectivity index (χ0) is 20.7. The molecule has 144 valence electrons. The number of methoxy groups -OCH3 is 1. The fraction of sp³-hybridized carbons (Fsp3) is 0.150. The van der Waals surface area contributed by atoms with E-state index in [1.165, 1.54) is 19.3 Å². The van der Waals surface area contributed by atoms with Gasteiger partial charge in [-0.25, -0.2) is 4.79 Å². The van der Waals surface area contributed by atoms with Crippen molar-refractivity contribution in [2.24, 2.45) is 5.73 Å². The number of ether oxygens (including phenoxy) is 2. The van der Waals surface area contributed by atoms with Gasteiger partial charge in [0.25, 0.3) is 5.91 Å². The Bertz CT molecular complexity index is 963. The van der Waals surface area contributed by atoms with E-state index in [-0.39, 0.29) is 17.2 Å². The van der Waals surface area contributed by atoms with Crippen molar-refractivity contribution in [2.75, 3.05) is 7.11 Å². The molecule has 0 unspecified atom stereocenters. The molecule has 7 nitrogen and oxygen atoms in total. The van der Waals surface area contributed by atoms with Crippen molar-refractivity contribution in [3.05, 3.63) is 63.7 Å². The van der Waals surface area contributed by atoms with Gasteiger partial charge in [-0.2, -0.15) is 5.26 Å². The fourth-order valence-electron chi connectivity index (χ4n) is 2.30. The zero-order valence-corrected chi connectivity index (χ0v) is 16.0. The minimum Gasteiger partial charge on any atom is -0.493 e. The molecule has 0 heterocycles. The monoisotopic (exact) mass is 399 g/mol. The number of nitrogens with two attached hydrogens (primary N) is 1. The van der Waals surface area contributed by atoms with Crippen molar-refractivity contribution in [1.82, 2.24) is 5.32 Å². The molecule has 0 aromatic heterocycles. The summed E-state index contributed by atoms with van der Waals surface area (Å²) in [6, 6.07) is 11.6. The molecule has 0 atom stereocenters. The first kappa shape index (κ1) is 20.8. The van der Waals surface area contributed by atoms with Crippen LogP contribution in [0.2, 0.25) is 5.02 Å². The molecule has 0 bridgehead atoms. The number of carbonyl (C=O) groups excluding carboxylic acids is 2. The second-order valence-electron chi connectivity index (χ2n) is 5.80. The first-order valence-electron chi connectivity index (χ1n) is 8.12. The summed E-state index contributed by atoms with van der Waals surface area (Å²) in [6.45, 7) is 2.28. The Kier molecular flexibility index (Phi) is 7.02. The minimum atomic E-state index is -1.05. The number of aryl methyl sites for hydroxylation is 1. The van der Waals surface area contributed by atoms with E-state index in [1.807, 2.05) is 36.5 Å². The van der Waals surface area contributed by atoms with Gasteiger partial charge in [0.1, 0.15) is 18.2 Å². The lowest BCUT2D eigenvalue weighted by Gasteiger charge is -2.13. The summed E-state index contributed by atoms with van der Waals surface area (Å²) < 4.78 is 11.1. The van der Waals surface area contributed by atoms with E-state index >= 15 is 0 Å². The number of imide groups is 1. The van der Waals surface area contributed by atoms with Gasteiger partial charge in [-0.15, -0.1) is 0 Å². The van der Waals surface area contributed by atoms with Gasteiger partial charge in [-0.3, -0.25) is 10.1 Å². The van der Waals surface area contributed by atoms with Gasteiger partial charge in [0.15, 0.2) is 11.5 Å². The molecule has 0 aliphatic carbocycles. The van der Waals surface area contributed by atoms with Gasteiger partial charge in [-0.05, 0) is 36.3 Å². The number of urea groups is 1. The van der Waals surface area contributed by atoms with Gasteiger partial charge < -0.3 is 15.2 Å². The molecule has 0 radical (unpaired) electrons. The summed E-state index contributed by atoms with van der Waals surface area (Å²) in [7, 11) is 1.45. The standard InChI is InChI=1S/C20H18ClN3O4/c1-12-3-5-13(6-4-12)11-28-18-16(21)8-14(9-17(18)27-2)7-15(10-22)19(25)24-20(23)26/h3-9H,11H2,1-2H3,(H3,23,24,25,26)/b15-7-. The van der Waals surface area contributed by atoms with Crippen LogP contribution < -0.4 is 20.5 Å².